The SMILES string of the molecule is CC(=O)c1nn(CC(=O)N2[C@H](C(=O)Nc3nc(C(F)(F)F)ccc3C)C[C@@]3(C)C[C@@H]23)c2cnc(-c3cnc(C)nc3)cc12. The number of ketones is 1. The van der Waals surface area contributed by atoms with Gasteiger partial charge in [-0.25, -0.2) is 15.0 Å². The summed E-state index contributed by atoms with van der Waals surface area (Å²) < 4.78 is 41.1. The van der Waals surface area contributed by atoms with E-state index in [1.165, 1.54) is 28.8 Å². The van der Waals surface area contributed by atoms with Crippen LogP contribution in [-0.4, -0.2) is 64.3 Å². The molecular formula is C29H27F3N8O3. The zero-order valence-electron chi connectivity index (χ0n) is 23.7. The number of alkyl halides is 3. The summed E-state index contributed by atoms with van der Waals surface area (Å²) >= 11 is 0. The van der Waals surface area contributed by atoms with Gasteiger partial charge in [0, 0.05) is 36.3 Å². The standard InChI is InChI=1S/C29H27F3N8O3/c1-14-5-6-22(29(30,31)32)36-26(14)37-27(43)20-8-28(4)9-23(28)40(20)24(42)13-39-21-12-35-19(17-10-33-16(3)34-11-17)7-18(21)25(38-39)15(2)41/h5-7,10-12,20,23H,8-9,13H2,1-4H3,(H,36,37,43)/t20-,23+,28-/m0/s1. The normalized spacial score (nSPS) is 21.1. The number of likely N-dealkylation sites (tertiary alicyclic amines) is 1. The summed E-state index contributed by atoms with van der Waals surface area (Å²) in [5.74, 6) is -0.926. The van der Waals surface area contributed by atoms with Crippen molar-refractivity contribution in [2.24, 2.45) is 5.41 Å². The van der Waals surface area contributed by atoms with Gasteiger partial charge in [0.2, 0.25) is 11.8 Å². The lowest BCUT2D eigenvalue weighted by atomic mass is 10.0. The van der Waals surface area contributed by atoms with E-state index in [1.807, 2.05) is 6.92 Å². The molecule has 0 unspecified atom stereocenters. The minimum Gasteiger partial charge on any atom is -0.325 e. The van der Waals surface area contributed by atoms with Gasteiger partial charge >= 0.3 is 6.18 Å². The van der Waals surface area contributed by atoms with Crippen molar-refractivity contribution in [3.8, 4) is 11.3 Å². The summed E-state index contributed by atoms with van der Waals surface area (Å²) in [5.41, 5.74) is 0.755. The minimum atomic E-state index is -4.67. The molecule has 0 spiro atoms. The molecule has 1 aliphatic heterocycles. The van der Waals surface area contributed by atoms with Crippen LogP contribution < -0.4 is 5.32 Å². The number of amides is 2. The molecule has 0 bridgehead atoms. The first-order valence-corrected chi connectivity index (χ1v) is 13.6. The number of Topliss-reactive ketones (excluding diaryl/α,β-unsaturated/α-hetero) is 1. The van der Waals surface area contributed by atoms with Crippen molar-refractivity contribution < 1.29 is 27.6 Å². The van der Waals surface area contributed by atoms with Gasteiger partial charge in [-0.1, -0.05) is 13.0 Å². The van der Waals surface area contributed by atoms with Crippen LogP contribution in [0.15, 0.2) is 36.8 Å². The molecule has 0 aromatic carbocycles. The molecule has 43 heavy (non-hydrogen) atoms. The second-order valence-corrected chi connectivity index (χ2v) is 11.4. The van der Waals surface area contributed by atoms with E-state index in [-0.39, 0.29) is 35.3 Å². The van der Waals surface area contributed by atoms with Crippen LogP contribution in [0.2, 0.25) is 0 Å². The molecule has 3 atom stereocenters. The molecule has 0 radical (unpaired) electrons. The Morgan fingerprint density at radius 1 is 1.07 bits per heavy atom. The van der Waals surface area contributed by atoms with Crippen LogP contribution in [0.4, 0.5) is 19.0 Å². The van der Waals surface area contributed by atoms with Gasteiger partial charge in [-0.2, -0.15) is 18.3 Å². The Morgan fingerprint density at radius 2 is 1.79 bits per heavy atom. The number of hydrogen-bond donors (Lipinski definition) is 1. The third kappa shape index (κ3) is 5.10. The van der Waals surface area contributed by atoms with Crippen LogP contribution in [0.3, 0.4) is 0 Å². The van der Waals surface area contributed by atoms with Crippen LogP contribution in [-0.2, 0) is 22.3 Å². The van der Waals surface area contributed by atoms with E-state index in [4.69, 9.17) is 0 Å². The fourth-order valence-electron chi connectivity index (χ4n) is 5.72. The number of rotatable bonds is 6. The van der Waals surface area contributed by atoms with Crippen molar-refractivity contribution in [1.82, 2.24) is 34.6 Å². The zero-order chi connectivity index (χ0) is 30.8. The highest BCUT2D eigenvalue weighted by molar-refractivity contribution is 6.05. The summed E-state index contributed by atoms with van der Waals surface area (Å²) in [7, 11) is 0. The molecule has 2 fully saturated rings. The van der Waals surface area contributed by atoms with Gasteiger partial charge < -0.3 is 10.2 Å². The molecule has 2 aliphatic rings. The number of carbonyl (C=O) groups is 3. The van der Waals surface area contributed by atoms with Crippen LogP contribution in [0, 0.1) is 19.3 Å². The maximum Gasteiger partial charge on any atom is 0.433 e. The van der Waals surface area contributed by atoms with Gasteiger partial charge in [-0.15, -0.1) is 0 Å². The number of aromatic nitrogens is 6. The Kier molecular flexibility index (Phi) is 6.54. The van der Waals surface area contributed by atoms with Crippen LogP contribution in [0.25, 0.3) is 22.2 Å². The molecule has 2 amide bonds. The fourth-order valence-corrected chi connectivity index (χ4v) is 5.72. The average molecular weight is 593 g/mol. The number of anilines is 1. The van der Waals surface area contributed by atoms with Crippen molar-refractivity contribution in [2.75, 3.05) is 5.32 Å². The molecule has 4 aromatic heterocycles. The second kappa shape index (κ2) is 9.92. The third-order valence-electron chi connectivity index (χ3n) is 8.19. The van der Waals surface area contributed by atoms with E-state index >= 15 is 0 Å². The highest BCUT2D eigenvalue weighted by atomic mass is 19.4. The van der Waals surface area contributed by atoms with E-state index in [9.17, 15) is 27.6 Å². The number of hydrogen-bond acceptors (Lipinski definition) is 8. The third-order valence-corrected chi connectivity index (χ3v) is 8.19. The number of halogens is 3. The fraction of sp³-hybridized carbons (Fsp3) is 0.379. The predicted octanol–water partition coefficient (Wildman–Crippen LogP) is 4.14. The van der Waals surface area contributed by atoms with E-state index in [2.05, 4.69) is 30.4 Å². The van der Waals surface area contributed by atoms with Crippen molar-refractivity contribution in [3.05, 3.63) is 59.6 Å². The first-order chi connectivity index (χ1) is 20.2. The van der Waals surface area contributed by atoms with Crippen molar-refractivity contribution in [1.29, 1.82) is 0 Å². The minimum absolute atomic E-state index is 0.164. The summed E-state index contributed by atoms with van der Waals surface area (Å²) in [6.07, 6.45) is 1.15. The van der Waals surface area contributed by atoms with Gasteiger partial charge in [-0.05, 0) is 49.8 Å². The highest BCUT2D eigenvalue weighted by Gasteiger charge is 2.64. The number of aryl methyl sites for hydroxylation is 2. The molecule has 222 valence electrons. The van der Waals surface area contributed by atoms with Gasteiger partial charge in [0.15, 0.2) is 5.78 Å². The Balaban J connectivity index is 1.28. The largest absolute Gasteiger partial charge is 0.433 e. The molecule has 1 saturated carbocycles. The van der Waals surface area contributed by atoms with Gasteiger partial charge in [0.25, 0.3) is 0 Å². The summed E-state index contributed by atoms with van der Waals surface area (Å²) in [6, 6.07) is 2.67. The van der Waals surface area contributed by atoms with Crippen LogP contribution in [0.1, 0.15) is 54.3 Å². The van der Waals surface area contributed by atoms with E-state index in [0.717, 1.165) is 6.07 Å². The molecule has 11 nitrogen and oxygen atoms in total. The van der Waals surface area contributed by atoms with Crippen LogP contribution >= 0.6 is 0 Å². The molecule has 1 aliphatic carbocycles. The Labute approximate surface area is 243 Å². The first kappa shape index (κ1) is 28.4. The molecular weight excluding hydrogens is 565 g/mol. The maximum absolute atomic E-state index is 13.8. The van der Waals surface area contributed by atoms with Crippen molar-refractivity contribution >= 4 is 34.3 Å². The predicted molar refractivity (Wildman–Crippen MR) is 148 cm³/mol. The Hall–Kier alpha value is -4.75. The molecule has 1 N–H and O–H groups in total. The number of nitrogens with one attached hydrogen (secondary N) is 1. The highest BCUT2D eigenvalue weighted by Crippen LogP contribution is 2.59. The number of pyridine rings is 2. The van der Waals surface area contributed by atoms with Crippen molar-refractivity contribution in [2.45, 2.75) is 65.3 Å². The summed E-state index contributed by atoms with van der Waals surface area (Å²) in [4.78, 5) is 57.6. The van der Waals surface area contributed by atoms with Crippen LogP contribution in [0.5, 0.6) is 0 Å². The van der Waals surface area contributed by atoms with Gasteiger partial charge in [-0.3, -0.25) is 24.0 Å². The van der Waals surface area contributed by atoms with Crippen molar-refractivity contribution in [3.63, 3.8) is 0 Å². The first-order valence-electron chi connectivity index (χ1n) is 13.6. The van der Waals surface area contributed by atoms with E-state index < -0.39 is 29.7 Å². The van der Waals surface area contributed by atoms with Gasteiger partial charge in [0.05, 0.1) is 17.4 Å². The molecule has 5 heterocycles. The monoisotopic (exact) mass is 592 g/mol. The lowest BCUT2D eigenvalue weighted by Crippen LogP contribution is -2.47. The maximum atomic E-state index is 13.8. The zero-order valence-corrected chi connectivity index (χ0v) is 23.7. The molecule has 6 rings (SSSR count). The Morgan fingerprint density at radius 3 is 2.47 bits per heavy atom. The van der Waals surface area contributed by atoms with E-state index in [1.54, 1.807) is 32.3 Å². The molecule has 1 saturated heterocycles. The number of nitrogens with zero attached hydrogens (tertiary/aromatic N) is 7. The molecule has 4 aromatic rings. The quantitative estimate of drug-likeness (QED) is 0.330. The van der Waals surface area contributed by atoms with E-state index in [0.29, 0.717) is 46.4 Å². The number of piperidine rings is 1. The topological polar surface area (TPSA) is 136 Å². The summed E-state index contributed by atoms with van der Waals surface area (Å²) in [6.45, 7) is 6.38. The lowest BCUT2D eigenvalue weighted by molar-refractivity contribution is -0.141. The summed E-state index contributed by atoms with van der Waals surface area (Å²) in [5, 5.41) is 7.44. The smallest absolute Gasteiger partial charge is 0.325 e. The molecule has 14 heteroatoms. The average Bonchev–Trinajstić information content (AvgIpc) is 3.31. The lowest BCUT2D eigenvalue weighted by Gasteiger charge is -2.27. The second-order valence-electron chi connectivity index (χ2n) is 11.4. The van der Waals surface area contributed by atoms with Gasteiger partial charge in [0.1, 0.15) is 35.6 Å². The number of carbonyl (C=O) groups excluding carboxylic acids is 3. The number of fused-ring (bicyclic) bond motifs is 2. The Bertz CT molecular complexity index is 1800.